The van der Waals surface area contributed by atoms with Gasteiger partial charge in [-0.25, -0.2) is 0 Å². The van der Waals surface area contributed by atoms with Gasteiger partial charge in [0, 0.05) is 45.2 Å². The number of aliphatic imine (C=N–C) groups is 1. The topological polar surface area (TPSA) is 56.7 Å². The minimum atomic E-state index is -0.0654. The molecular formula is C21H26N4O. The van der Waals surface area contributed by atoms with Gasteiger partial charge in [-0.2, -0.15) is 0 Å². The molecule has 0 radical (unpaired) electrons. The van der Waals surface area contributed by atoms with E-state index in [0.717, 1.165) is 31.0 Å². The Labute approximate surface area is 155 Å². The monoisotopic (exact) mass is 350 g/mol. The van der Waals surface area contributed by atoms with E-state index >= 15 is 0 Å². The van der Waals surface area contributed by atoms with Crippen LogP contribution in [-0.2, 0) is 6.54 Å². The number of carbonyl (C=O) groups is 1. The normalized spacial score (nSPS) is 17.2. The Kier molecular flexibility index (Phi) is 5.89. The van der Waals surface area contributed by atoms with Gasteiger partial charge in [-0.1, -0.05) is 42.5 Å². The minimum absolute atomic E-state index is 0.0654. The van der Waals surface area contributed by atoms with Crippen LogP contribution in [0.4, 0.5) is 0 Å². The molecule has 0 aromatic heterocycles. The summed E-state index contributed by atoms with van der Waals surface area (Å²) >= 11 is 0. The zero-order chi connectivity index (χ0) is 18.4. The lowest BCUT2D eigenvalue weighted by Crippen LogP contribution is -2.39. The van der Waals surface area contributed by atoms with Gasteiger partial charge < -0.3 is 15.5 Å². The molecule has 1 atom stereocenters. The van der Waals surface area contributed by atoms with Crippen molar-refractivity contribution >= 4 is 11.9 Å². The Morgan fingerprint density at radius 2 is 1.88 bits per heavy atom. The van der Waals surface area contributed by atoms with Crippen molar-refractivity contribution in [2.45, 2.75) is 18.9 Å². The first kappa shape index (κ1) is 18.0. The summed E-state index contributed by atoms with van der Waals surface area (Å²) in [6.07, 6.45) is 1.14. The third-order valence-corrected chi connectivity index (χ3v) is 4.86. The van der Waals surface area contributed by atoms with E-state index in [1.54, 1.807) is 7.05 Å². The van der Waals surface area contributed by atoms with Crippen molar-refractivity contribution in [3.8, 4) is 0 Å². The quantitative estimate of drug-likeness (QED) is 0.658. The Balaban J connectivity index is 1.56. The van der Waals surface area contributed by atoms with Crippen LogP contribution in [0.25, 0.3) is 0 Å². The van der Waals surface area contributed by atoms with E-state index in [9.17, 15) is 4.79 Å². The smallest absolute Gasteiger partial charge is 0.251 e. The molecular weight excluding hydrogens is 324 g/mol. The highest BCUT2D eigenvalue weighted by Crippen LogP contribution is 2.26. The average Bonchev–Trinajstić information content (AvgIpc) is 3.19. The molecule has 1 aliphatic heterocycles. The number of hydrogen-bond acceptors (Lipinski definition) is 2. The van der Waals surface area contributed by atoms with Crippen LogP contribution < -0.4 is 10.6 Å². The standard InChI is InChI=1S/C21H26N4O/c1-22-20(26)18-10-8-16(9-11-18)14-24-21(23-2)25-13-12-19(15-25)17-6-4-3-5-7-17/h3-11,19H,12-15H2,1-2H3,(H,22,26)(H,23,24). The summed E-state index contributed by atoms with van der Waals surface area (Å²) in [6, 6.07) is 18.3. The number of amides is 1. The van der Waals surface area contributed by atoms with Crippen LogP contribution in [0.1, 0.15) is 33.8 Å². The molecule has 2 aromatic rings. The van der Waals surface area contributed by atoms with Crippen LogP contribution >= 0.6 is 0 Å². The zero-order valence-corrected chi connectivity index (χ0v) is 15.4. The Hall–Kier alpha value is -2.82. The maximum absolute atomic E-state index is 11.6. The Morgan fingerprint density at radius 1 is 1.15 bits per heavy atom. The number of nitrogens with zero attached hydrogens (tertiary/aromatic N) is 2. The van der Waals surface area contributed by atoms with E-state index in [2.05, 4.69) is 50.9 Å². The van der Waals surface area contributed by atoms with E-state index in [4.69, 9.17) is 0 Å². The third-order valence-electron chi connectivity index (χ3n) is 4.86. The molecule has 1 heterocycles. The minimum Gasteiger partial charge on any atom is -0.355 e. The fraction of sp³-hybridized carbons (Fsp3) is 0.333. The number of nitrogens with one attached hydrogen (secondary N) is 2. The molecule has 2 aromatic carbocycles. The van der Waals surface area contributed by atoms with E-state index in [0.29, 0.717) is 18.0 Å². The molecule has 1 unspecified atom stereocenters. The summed E-state index contributed by atoms with van der Waals surface area (Å²) in [5.74, 6) is 1.42. The van der Waals surface area contributed by atoms with Gasteiger partial charge in [-0.15, -0.1) is 0 Å². The summed E-state index contributed by atoms with van der Waals surface area (Å²) in [6.45, 7) is 2.68. The molecule has 2 N–H and O–H groups in total. The first-order valence-corrected chi connectivity index (χ1v) is 9.03. The maximum Gasteiger partial charge on any atom is 0.251 e. The fourth-order valence-corrected chi connectivity index (χ4v) is 3.38. The molecule has 1 aliphatic rings. The van der Waals surface area contributed by atoms with E-state index < -0.39 is 0 Å². The number of likely N-dealkylation sites (tertiary alicyclic amines) is 1. The molecule has 3 rings (SSSR count). The fourth-order valence-electron chi connectivity index (χ4n) is 3.38. The first-order valence-electron chi connectivity index (χ1n) is 9.03. The molecule has 26 heavy (non-hydrogen) atoms. The zero-order valence-electron chi connectivity index (χ0n) is 15.4. The van der Waals surface area contributed by atoms with Crippen molar-refractivity contribution in [1.29, 1.82) is 0 Å². The number of guanidine groups is 1. The molecule has 0 spiro atoms. The van der Waals surface area contributed by atoms with Gasteiger partial charge in [0.25, 0.3) is 5.91 Å². The maximum atomic E-state index is 11.6. The van der Waals surface area contributed by atoms with Crippen molar-refractivity contribution < 1.29 is 4.79 Å². The lowest BCUT2D eigenvalue weighted by molar-refractivity contribution is 0.0963. The number of benzene rings is 2. The summed E-state index contributed by atoms with van der Waals surface area (Å²) in [5.41, 5.74) is 3.19. The molecule has 0 bridgehead atoms. The summed E-state index contributed by atoms with van der Waals surface area (Å²) in [5, 5.41) is 6.07. The molecule has 1 saturated heterocycles. The Bertz CT molecular complexity index is 755. The largest absolute Gasteiger partial charge is 0.355 e. The second-order valence-corrected chi connectivity index (χ2v) is 6.52. The Morgan fingerprint density at radius 3 is 2.54 bits per heavy atom. The van der Waals surface area contributed by atoms with Gasteiger partial charge in [0.1, 0.15) is 0 Å². The predicted molar refractivity (Wildman–Crippen MR) is 105 cm³/mol. The van der Waals surface area contributed by atoms with Crippen LogP contribution in [0.5, 0.6) is 0 Å². The van der Waals surface area contributed by atoms with Crippen LogP contribution in [0, 0.1) is 0 Å². The molecule has 5 heteroatoms. The van der Waals surface area contributed by atoms with Crippen molar-refractivity contribution in [3.05, 3.63) is 71.3 Å². The van der Waals surface area contributed by atoms with Crippen molar-refractivity contribution in [2.24, 2.45) is 4.99 Å². The molecule has 0 aliphatic carbocycles. The van der Waals surface area contributed by atoms with Gasteiger partial charge in [0.2, 0.25) is 0 Å². The molecule has 0 saturated carbocycles. The van der Waals surface area contributed by atoms with Crippen LogP contribution in [-0.4, -0.2) is 44.0 Å². The van der Waals surface area contributed by atoms with Crippen LogP contribution in [0.2, 0.25) is 0 Å². The SMILES string of the molecule is CN=C(NCc1ccc(C(=O)NC)cc1)N1CCC(c2ccccc2)C1. The third kappa shape index (κ3) is 4.23. The van der Waals surface area contributed by atoms with Gasteiger partial charge in [-0.05, 0) is 29.7 Å². The lowest BCUT2D eigenvalue weighted by atomic mass is 9.99. The molecule has 1 fully saturated rings. The molecule has 1 amide bonds. The summed E-state index contributed by atoms with van der Waals surface area (Å²) in [7, 11) is 3.47. The highest BCUT2D eigenvalue weighted by Gasteiger charge is 2.25. The van der Waals surface area contributed by atoms with E-state index in [1.165, 1.54) is 5.56 Å². The second-order valence-electron chi connectivity index (χ2n) is 6.52. The highest BCUT2D eigenvalue weighted by atomic mass is 16.1. The number of carbonyl (C=O) groups excluding carboxylic acids is 1. The van der Waals surface area contributed by atoms with Crippen LogP contribution in [0.15, 0.2) is 59.6 Å². The average molecular weight is 350 g/mol. The number of rotatable bonds is 4. The van der Waals surface area contributed by atoms with Gasteiger partial charge in [-0.3, -0.25) is 9.79 Å². The van der Waals surface area contributed by atoms with E-state index in [1.807, 2.05) is 31.3 Å². The molecule has 5 nitrogen and oxygen atoms in total. The first-order chi connectivity index (χ1) is 12.7. The van der Waals surface area contributed by atoms with Gasteiger partial charge >= 0.3 is 0 Å². The second kappa shape index (κ2) is 8.52. The molecule has 136 valence electrons. The summed E-state index contributed by atoms with van der Waals surface area (Å²) in [4.78, 5) is 18.4. The van der Waals surface area contributed by atoms with Gasteiger partial charge in [0.15, 0.2) is 5.96 Å². The highest BCUT2D eigenvalue weighted by molar-refractivity contribution is 5.93. The van der Waals surface area contributed by atoms with Crippen molar-refractivity contribution in [2.75, 3.05) is 27.2 Å². The van der Waals surface area contributed by atoms with E-state index in [-0.39, 0.29) is 5.91 Å². The van der Waals surface area contributed by atoms with Crippen molar-refractivity contribution in [3.63, 3.8) is 0 Å². The van der Waals surface area contributed by atoms with Gasteiger partial charge in [0.05, 0.1) is 0 Å². The van der Waals surface area contributed by atoms with Crippen molar-refractivity contribution in [1.82, 2.24) is 15.5 Å². The lowest BCUT2D eigenvalue weighted by Gasteiger charge is -2.22. The summed E-state index contributed by atoms with van der Waals surface area (Å²) < 4.78 is 0. The predicted octanol–water partition coefficient (Wildman–Crippen LogP) is 2.61. The number of hydrogen-bond donors (Lipinski definition) is 2. The van der Waals surface area contributed by atoms with Crippen LogP contribution in [0.3, 0.4) is 0 Å².